The van der Waals surface area contributed by atoms with Gasteiger partial charge < -0.3 is 64.6 Å². The highest BCUT2D eigenvalue weighted by molar-refractivity contribution is 5.85. The van der Waals surface area contributed by atoms with Gasteiger partial charge in [0, 0.05) is 0 Å². The van der Waals surface area contributed by atoms with Crippen molar-refractivity contribution >= 4 is 12.1 Å². The molecule has 2 unspecified atom stereocenters. The normalized spacial score (nSPS) is 52.8. The van der Waals surface area contributed by atoms with E-state index in [2.05, 4.69) is 0 Å². The third-order valence-electron chi connectivity index (χ3n) is 5.29. The molecular weight excluding hydrogens is 404 g/mol. The molecule has 14 nitrogen and oxygen atoms in total. The van der Waals surface area contributed by atoms with Gasteiger partial charge in [0.25, 0.3) is 0 Å². The van der Waals surface area contributed by atoms with Crippen molar-refractivity contribution in [3.63, 3.8) is 0 Å². The molecule has 0 aliphatic carbocycles. The van der Waals surface area contributed by atoms with Gasteiger partial charge in [-0.05, 0) is 0 Å². The van der Waals surface area contributed by atoms with Crippen LogP contribution in [0.25, 0.3) is 0 Å². The summed E-state index contributed by atoms with van der Waals surface area (Å²) in [5, 5.41) is 79.0. The fourth-order valence-electron chi connectivity index (χ4n) is 3.57. The number of aliphatic hydroxyl groups is 8. The molecule has 0 saturated carbocycles. The summed E-state index contributed by atoms with van der Waals surface area (Å²) in [5.41, 5.74) is -2.22. The molecule has 166 valence electrons. The molecule has 3 aliphatic heterocycles. The summed E-state index contributed by atoms with van der Waals surface area (Å²) in [6.45, 7) is -1.08. The standard InChI is InChI=1S/C15H22O14/c16-1-3(18)9-10(5(19)7(21)12(24)27-9)28-13-8(22)6(20)11(23)15(29-13)4(2-17)26-14(15)25/h2,4-14,16,19-25H,1H2/t4?,5-,6-,7-,8-,9-,10+,11-,12+,13-,14?,15-/m1/s1. The van der Waals surface area contributed by atoms with Gasteiger partial charge >= 0.3 is 0 Å². The van der Waals surface area contributed by atoms with Crippen LogP contribution in [0.5, 0.6) is 0 Å². The quantitative estimate of drug-likeness (QED) is 0.191. The second-order valence-corrected chi connectivity index (χ2v) is 6.96. The molecule has 0 aromatic carbocycles. The lowest BCUT2D eigenvalue weighted by molar-refractivity contribution is -0.456. The average molecular weight is 426 g/mol. The highest BCUT2D eigenvalue weighted by Gasteiger charge is 2.69. The number of ether oxygens (including phenoxy) is 4. The minimum Gasteiger partial charge on any atom is -0.388 e. The Labute approximate surface area is 162 Å². The number of carbonyl (C=O) groups excluding carboxylic acids is 2. The first kappa shape index (κ1) is 22.5. The Bertz CT molecular complexity index is 630. The van der Waals surface area contributed by atoms with Crippen molar-refractivity contribution in [3.8, 4) is 0 Å². The summed E-state index contributed by atoms with van der Waals surface area (Å²) >= 11 is 0. The molecule has 3 aliphatic rings. The molecule has 3 rings (SSSR count). The van der Waals surface area contributed by atoms with Crippen LogP contribution < -0.4 is 0 Å². The van der Waals surface area contributed by atoms with Gasteiger partial charge in [0.15, 0.2) is 48.7 Å². The molecule has 8 N–H and O–H groups in total. The molecule has 12 atom stereocenters. The maximum Gasteiger partial charge on any atom is 0.190 e. The van der Waals surface area contributed by atoms with Crippen molar-refractivity contribution in [2.24, 2.45) is 0 Å². The van der Waals surface area contributed by atoms with Crippen LogP contribution in [0.4, 0.5) is 0 Å². The van der Waals surface area contributed by atoms with Crippen LogP contribution in [-0.2, 0) is 28.5 Å². The lowest BCUT2D eigenvalue weighted by atomic mass is 9.78. The largest absolute Gasteiger partial charge is 0.388 e. The van der Waals surface area contributed by atoms with Crippen LogP contribution in [0.3, 0.4) is 0 Å². The lowest BCUT2D eigenvalue weighted by Crippen LogP contribution is -2.80. The number of carbonyl (C=O) groups is 2. The van der Waals surface area contributed by atoms with Crippen LogP contribution in [-0.4, -0.2) is 133 Å². The second-order valence-electron chi connectivity index (χ2n) is 6.96. The molecule has 1 spiro atoms. The molecule has 0 radical (unpaired) electrons. The van der Waals surface area contributed by atoms with Crippen LogP contribution >= 0.6 is 0 Å². The monoisotopic (exact) mass is 426 g/mol. The van der Waals surface area contributed by atoms with Gasteiger partial charge in [-0.25, -0.2) is 0 Å². The molecule has 0 aromatic rings. The summed E-state index contributed by atoms with van der Waals surface area (Å²) in [4.78, 5) is 23.0. The number of aldehydes is 1. The number of hydrogen-bond donors (Lipinski definition) is 8. The highest BCUT2D eigenvalue weighted by Crippen LogP contribution is 2.44. The summed E-state index contributed by atoms with van der Waals surface area (Å²) < 4.78 is 20.2. The van der Waals surface area contributed by atoms with Crippen molar-refractivity contribution in [1.82, 2.24) is 0 Å². The second kappa shape index (κ2) is 8.18. The fourth-order valence-corrected chi connectivity index (χ4v) is 3.57. The SMILES string of the molecule is O=CC1OC(O)[C@@]12O[C@@H](O[C@H]1[C@H](O)[C@@H](O)[C@@H](O)O[C@@H]1C(=O)CO)[C@H](O)[C@@H](O)[C@H]2O. The van der Waals surface area contributed by atoms with E-state index in [4.69, 9.17) is 24.1 Å². The molecule has 3 saturated heterocycles. The minimum absolute atomic E-state index is 0.175. The molecule has 3 fully saturated rings. The number of hydrogen-bond acceptors (Lipinski definition) is 14. The Hall–Kier alpha value is -1.14. The maximum atomic E-state index is 11.9. The molecular formula is C15H22O14. The van der Waals surface area contributed by atoms with E-state index in [1.807, 2.05) is 0 Å². The first-order valence-corrected chi connectivity index (χ1v) is 8.59. The van der Waals surface area contributed by atoms with Crippen LogP contribution in [0.1, 0.15) is 0 Å². The summed E-state index contributed by atoms with van der Waals surface area (Å²) in [6.07, 6.45) is -20.8. The van der Waals surface area contributed by atoms with Gasteiger partial charge in [0.2, 0.25) is 0 Å². The van der Waals surface area contributed by atoms with Gasteiger partial charge in [-0.3, -0.25) is 4.79 Å². The Morgan fingerprint density at radius 3 is 2.17 bits per heavy atom. The number of ketones is 1. The van der Waals surface area contributed by atoms with E-state index in [1.54, 1.807) is 0 Å². The molecule has 3 heterocycles. The Morgan fingerprint density at radius 2 is 1.62 bits per heavy atom. The van der Waals surface area contributed by atoms with E-state index in [-0.39, 0.29) is 6.29 Å². The van der Waals surface area contributed by atoms with Crippen molar-refractivity contribution in [2.75, 3.05) is 6.61 Å². The van der Waals surface area contributed by atoms with Crippen molar-refractivity contribution < 1.29 is 69.4 Å². The maximum absolute atomic E-state index is 11.9. The third-order valence-corrected chi connectivity index (χ3v) is 5.29. The predicted molar refractivity (Wildman–Crippen MR) is 82.4 cm³/mol. The number of aliphatic hydroxyl groups excluding tert-OH is 8. The van der Waals surface area contributed by atoms with E-state index in [9.17, 15) is 45.3 Å². The number of Topliss-reactive ketones (excluding diaryl/α,β-unsaturated/α-hetero) is 1. The summed E-state index contributed by atoms with van der Waals surface area (Å²) in [6, 6.07) is 0. The van der Waals surface area contributed by atoms with Crippen LogP contribution in [0, 0.1) is 0 Å². The van der Waals surface area contributed by atoms with Crippen molar-refractivity contribution in [3.05, 3.63) is 0 Å². The smallest absolute Gasteiger partial charge is 0.190 e. The van der Waals surface area contributed by atoms with Crippen LogP contribution in [0.15, 0.2) is 0 Å². The summed E-state index contributed by atoms with van der Waals surface area (Å²) in [7, 11) is 0. The van der Waals surface area contributed by atoms with Gasteiger partial charge in [-0.15, -0.1) is 0 Å². The third kappa shape index (κ3) is 3.40. The van der Waals surface area contributed by atoms with Gasteiger partial charge in [0.05, 0.1) is 0 Å². The van der Waals surface area contributed by atoms with Gasteiger partial charge in [0.1, 0.15) is 43.2 Å². The lowest BCUT2D eigenvalue weighted by Gasteiger charge is -2.58. The summed E-state index contributed by atoms with van der Waals surface area (Å²) in [5.74, 6) is -1.06. The Morgan fingerprint density at radius 1 is 0.966 bits per heavy atom. The van der Waals surface area contributed by atoms with Crippen molar-refractivity contribution in [2.45, 2.75) is 73.3 Å². The van der Waals surface area contributed by atoms with E-state index < -0.39 is 85.7 Å². The zero-order valence-corrected chi connectivity index (χ0v) is 14.7. The molecule has 0 bridgehead atoms. The first-order chi connectivity index (χ1) is 13.6. The predicted octanol–water partition coefficient (Wildman–Crippen LogP) is -6.53. The molecule has 0 amide bonds. The molecule has 29 heavy (non-hydrogen) atoms. The number of rotatable bonds is 5. The van der Waals surface area contributed by atoms with E-state index in [0.29, 0.717) is 0 Å². The topological polar surface area (TPSA) is 233 Å². The molecule has 0 aromatic heterocycles. The van der Waals surface area contributed by atoms with E-state index in [0.717, 1.165) is 0 Å². The first-order valence-electron chi connectivity index (χ1n) is 8.59. The van der Waals surface area contributed by atoms with E-state index in [1.165, 1.54) is 0 Å². The molecule has 14 heteroatoms. The van der Waals surface area contributed by atoms with Gasteiger partial charge in [-0.2, -0.15) is 0 Å². The average Bonchev–Trinajstić information content (AvgIpc) is 2.71. The van der Waals surface area contributed by atoms with Crippen molar-refractivity contribution in [1.29, 1.82) is 0 Å². The minimum atomic E-state index is -2.22. The zero-order valence-electron chi connectivity index (χ0n) is 14.7. The zero-order chi connectivity index (χ0) is 21.7. The van der Waals surface area contributed by atoms with Gasteiger partial charge in [-0.1, -0.05) is 0 Å². The van der Waals surface area contributed by atoms with E-state index >= 15 is 0 Å². The fraction of sp³-hybridized carbons (Fsp3) is 0.867. The highest BCUT2D eigenvalue weighted by atomic mass is 16.8. The van der Waals surface area contributed by atoms with Crippen LogP contribution in [0.2, 0.25) is 0 Å². The Kier molecular flexibility index (Phi) is 6.36. The Balaban J connectivity index is 1.88.